The number of alkyl halides is 4. The van der Waals surface area contributed by atoms with E-state index in [0.29, 0.717) is 101 Å². The molecule has 634 valence electrons. The Morgan fingerprint density at radius 2 is 0.983 bits per heavy atom. The summed E-state index contributed by atoms with van der Waals surface area (Å²) in [5, 5.41) is 45.8. The van der Waals surface area contributed by atoms with Crippen LogP contribution < -0.4 is 47.9 Å². The molecule has 0 spiro atoms. The minimum atomic E-state index is -3.05. The maximum atomic E-state index is 13.3. The number of terminal acetylenes is 1. The first-order valence-electron chi connectivity index (χ1n) is 39.2. The molecule has 0 saturated carbocycles. The molecular formula is C86H117F5N18O7S. The minimum Gasteiger partial charge on any atom is -0.383 e. The highest BCUT2D eigenvalue weighted by molar-refractivity contribution is 7.13. The maximum Gasteiger partial charge on any atom is 0.287 e. The number of aryl methyl sites for hydroxylation is 1. The van der Waals surface area contributed by atoms with Crippen LogP contribution in [0.25, 0.3) is 11.0 Å². The number of benzene rings is 5. The molecule has 2 aliphatic heterocycles. The number of imidazole rings is 1. The number of hydrogen-bond acceptors (Lipinski definition) is 18. The van der Waals surface area contributed by atoms with Gasteiger partial charge < -0.3 is 62.6 Å². The van der Waals surface area contributed by atoms with E-state index >= 15 is 0 Å². The van der Waals surface area contributed by atoms with Gasteiger partial charge in [0, 0.05) is 188 Å². The topological polar surface area (TPSA) is 330 Å². The smallest absolute Gasteiger partial charge is 0.287 e. The van der Waals surface area contributed by atoms with Crippen LogP contribution in [-0.2, 0) is 52.0 Å². The number of nitriles is 2. The highest BCUT2D eigenvalue weighted by Crippen LogP contribution is 2.32. The minimum absolute atomic E-state index is 0.000885. The summed E-state index contributed by atoms with van der Waals surface area (Å²) in [5.41, 5.74) is 7.04. The molecule has 7 amide bonds. The monoisotopic (exact) mass is 1640 g/mol. The molecule has 31 heteroatoms. The molecule has 2 saturated heterocycles. The zero-order valence-corrected chi connectivity index (χ0v) is 70.8. The average molecular weight is 1640 g/mol. The van der Waals surface area contributed by atoms with Gasteiger partial charge in [-0.25, -0.2) is 23.1 Å². The summed E-state index contributed by atoms with van der Waals surface area (Å²) in [7, 11) is 0. The quantitative estimate of drug-likeness (QED) is 0.0118. The van der Waals surface area contributed by atoms with Gasteiger partial charge in [-0.1, -0.05) is 107 Å². The second-order valence-corrected chi connectivity index (χ2v) is 30.7. The highest BCUT2D eigenvalue weighted by atomic mass is 32.1. The first kappa shape index (κ1) is 98.2. The molecular weight excluding hydrogens is 1520 g/mol. The number of nitrogens with zero attached hydrogens (tertiary/aromatic N) is 8. The van der Waals surface area contributed by atoms with E-state index in [1.807, 2.05) is 144 Å². The van der Waals surface area contributed by atoms with Crippen LogP contribution in [0.3, 0.4) is 0 Å². The third-order valence-corrected chi connectivity index (χ3v) is 18.4. The van der Waals surface area contributed by atoms with Crippen LogP contribution >= 0.6 is 11.3 Å². The molecule has 0 bridgehead atoms. The van der Waals surface area contributed by atoms with E-state index in [4.69, 9.17) is 16.9 Å². The molecule has 2 aliphatic rings. The molecule has 9 rings (SSSR count). The number of piperazine rings is 2. The van der Waals surface area contributed by atoms with Crippen LogP contribution in [0, 0.1) is 83.3 Å². The van der Waals surface area contributed by atoms with E-state index in [-0.39, 0.29) is 106 Å². The number of hydrogen-bond donors (Lipinski definition) is 10. The maximum absolute atomic E-state index is 13.3. The molecule has 0 aliphatic carbocycles. The summed E-state index contributed by atoms with van der Waals surface area (Å²) in [6.45, 7) is 37.4. The van der Waals surface area contributed by atoms with Gasteiger partial charge in [-0.15, -0.1) is 17.8 Å². The van der Waals surface area contributed by atoms with Crippen LogP contribution in [0.5, 0.6) is 0 Å². The number of nitrogens with one attached hydrogen (secondary N) is 10. The lowest BCUT2D eigenvalue weighted by Crippen LogP contribution is -2.51. The van der Waals surface area contributed by atoms with Gasteiger partial charge in [-0.2, -0.15) is 19.3 Å². The van der Waals surface area contributed by atoms with Crippen LogP contribution in [0.4, 0.5) is 49.8 Å². The SMILES string of the molecule is C#Cc1ccc(NCCNC(=O)C(C)C)cc1.CC(C)C(=O)N1CCN(CC(=O)Nc2ccc(F)cc2)CC1.CC(C)C(=O)N1CCN(Cc2nc3ccccc3[nH]2)CC1.CC(C)C(=O)NCCNc1ccc(C(C)(F)F)c(C#N)c1.CC(C)C(=O)NCCNc1nc(C(C)(F)F)cs1.Cc1ccc(NCCNC(=O)C(C)C)c(C#N)c1. The van der Waals surface area contributed by atoms with E-state index < -0.39 is 11.8 Å². The van der Waals surface area contributed by atoms with Crippen LogP contribution in [0.2, 0.25) is 0 Å². The molecule has 5 aromatic carbocycles. The Bertz CT molecular complexity index is 4360. The van der Waals surface area contributed by atoms with Crippen molar-refractivity contribution in [3.8, 4) is 24.5 Å². The second kappa shape index (κ2) is 50.3. The fourth-order valence-electron chi connectivity index (χ4n) is 10.8. The number of amides is 7. The number of halogens is 5. The number of thiazole rings is 1. The summed E-state index contributed by atoms with van der Waals surface area (Å²) in [6.07, 6.45) is 5.27. The Hall–Kier alpha value is -11.2. The van der Waals surface area contributed by atoms with Gasteiger partial charge in [-0.05, 0) is 103 Å². The van der Waals surface area contributed by atoms with E-state index in [0.717, 1.165) is 97.3 Å². The number of carbonyl (C=O) groups excluding carboxylic acids is 7. The Kier molecular flexibility index (Phi) is 42.2. The average Bonchev–Trinajstić information content (AvgIpc) is 1.39. The number of para-hydroxylation sites is 2. The Morgan fingerprint density at radius 3 is 1.44 bits per heavy atom. The second-order valence-electron chi connectivity index (χ2n) is 29.8. The fraction of sp³-hybridized carbons (Fsp3) is 0.477. The zero-order chi connectivity index (χ0) is 87.0. The molecule has 0 unspecified atom stereocenters. The Morgan fingerprint density at radius 1 is 0.521 bits per heavy atom. The van der Waals surface area contributed by atoms with Crippen molar-refractivity contribution in [2.45, 2.75) is 122 Å². The Balaban J connectivity index is 0.000000296. The number of H-pyrrole nitrogens is 1. The standard InChI is InChI=1S/C16H22FN3O2.C16H22N4O.C15H19F2N3O.C14H19N3O.C14H18N2O.C11H17F2N3OS/c1-12(2)16(22)20-9-7-19(8-10-20)11-15(21)18-14-5-3-13(17)4-6-14;1-12(2)16(21)20-9-7-19(8-10-20)11-15-17-13-5-3-4-6-14(13)18-15;1-10(2)14(21)20-7-6-19-12-4-5-13(15(3,16)17)11(8-12)9-18;1-10(2)14(18)17-7-6-16-13-5-4-11(3)8-12(13)9-15;1-4-12-5-7-13(8-6-12)15-9-10-16-14(17)11(2)3;1-7(2)9(17)14-4-5-15-10-16-8(6-18-10)11(3,12)13/h3-6,12H,7-11H2,1-2H3,(H,18,21);3-6,12H,7-11H2,1-2H3,(H,17,18);4-5,8,10,19H,6-7H2,1-3H3,(H,20,21);4-5,8,10,16H,6-7H2,1-3H3,(H,17,18);1,5-8,11,15H,9-10H2,2-3H3,(H,16,17);6-7H,4-5H2,1-3H3,(H,14,17)(H,15,16). The number of aromatic nitrogens is 3. The third-order valence-electron chi connectivity index (χ3n) is 17.6. The molecule has 2 fully saturated rings. The van der Waals surface area contributed by atoms with Gasteiger partial charge in [0.2, 0.25) is 41.4 Å². The van der Waals surface area contributed by atoms with Crippen LogP contribution in [0.15, 0.2) is 115 Å². The zero-order valence-electron chi connectivity index (χ0n) is 70.0. The van der Waals surface area contributed by atoms with Crippen molar-refractivity contribution in [2.75, 3.05) is 138 Å². The molecule has 4 heterocycles. The van der Waals surface area contributed by atoms with Crippen molar-refractivity contribution in [2.24, 2.45) is 35.5 Å². The molecule has 25 nitrogen and oxygen atoms in total. The van der Waals surface area contributed by atoms with Crippen LogP contribution in [0.1, 0.15) is 136 Å². The van der Waals surface area contributed by atoms with E-state index in [1.165, 1.54) is 47.8 Å². The summed E-state index contributed by atoms with van der Waals surface area (Å²) >= 11 is 1.13. The molecule has 0 radical (unpaired) electrons. The van der Waals surface area contributed by atoms with Gasteiger partial charge in [0.25, 0.3) is 11.8 Å². The molecule has 117 heavy (non-hydrogen) atoms. The Labute approximate surface area is 689 Å². The summed E-state index contributed by atoms with van der Waals surface area (Å²) in [4.78, 5) is 101. The van der Waals surface area contributed by atoms with Gasteiger partial charge >= 0.3 is 0 Å². The predicted octanol–water partition coefficient (Wildman–Crippen LogP) is 12.6. The molecule has 0 atom stereocenters. The summed E-state index contributed by atoms with van der Waals surface area (Å²) in [5.74, 6) is -2.40. The number of aromatic amines is 1. The molecule has 2 aromatic heterocycles. The molecule has 10 N–H and O–H groups in total. The lowest BCUT2D eigenvalue weighted by atomic mass is 10.0. The number of rotatable bonds is 29. The van der Waals surface area contributed by atoms with Crippen molar-refractivity contribution in [1.29, 1.82) is 10.5 Å². The number of carbonyl (C=O) groups is 7. The van der Waals surface area contributed by atoms with E-state index in [2.05, 4.69) is 79.7 Å². The highest BCUT2D eigenvalue weighted by Gasteiger charge is 2.30. The van der Waals surface area contributed by atoms with Gasteiger partial charge in [0.1, 0.15) is 23.4 Å². The van der Waals surface area contributed by atoms with Gasteiger partial charge in [-0.3, -0.25) is 43.4 Å². The number of anilines is 5. The van der Waals surface area contributed by atoms with Crippen molar-refractivity contribution in [3.05, 3.63) is 160 Å². The van der Waals surface area contributed by atoms with Crippen molar-refractivity contribution in [1.82, 2.24) is 55.8 Å². The largest absolute Gasteiger partial charge is 0.383 e. The third kappa shape index (κ3) is 37.1. The van der Waals surface area contributed by atoms with Crippen molar-refractivity contribution in [3.63, 3.8) is 0 Å². The van der Waals surface area contributed by atoms with E-state index in [1.54, 1.807) is 33.8 Å². The van der Waals surface area contributed by atoms with Gasteiger partial charge in [0.05, 0.1) is 47.0 Å². The number of fused-ring (bicyclic) bond motifs is 1. The van der Waals surface area contributed by atoms with Crippen LogP contribution in [-0.4, -0.2) is 187 Å². The first-order chi connectivity index (χ1) is 55.3. The summed E-state index contributed by atoms with van der Waals surface area (Å²) < 4.78 is 65.2. The normalized spacial score (nSPS) is 12.7. The molecule has 7 aromatic rings. The fourth-order valence-corrected chi connectivity index (χ4v) is 11.6. The predicted molar refractivity (Wildman–Crippen MR) is 454 cm³/mol. The first-order valence-corrected chi connectivity index (χ1v) is 40.1. The van der Waals surface area contributed by atoms with Crippen molar-refractivity contribution >= 4 is 91.6 Å². The van der Waals surface area contributed by atoms with E-state index in [9.17, 15) is 55.5 Å². The van der Waals surface area contributed by atoms with Gasteiger partial charge in [0.15, 0.2) is 5.13 Å². The lowest BCUT2D eigenvalue weighted by Gasteiger charge is -2.35. The van der Waals surface area contributed by atoms with Crippen molar-refractivity contribution < 1.29 is 55.5 Å². The lowest BCUT2D eigenvalue weighted by molar-refractivity contribution is -0.137. The summed E-state index contributed by atoms with van der Waals surface area (Å²) in [6, 6.07) is 35.1.